The number of halogens is 1. The molecule has 0 unspecified atom stereocenters. The molecule has 0 bridgehead atoms. The number of esters is 1. The van der Waals surface area contributed by atoms with Gasteiger partial charge < -0.3 is 9.15 Å². The van der Waals surface area contributed by atoms with E-state index in [1.165, 1.54) is 7.11 Å². The monoisotopic (exact) mass is 308 g/mol. The molecule has 0 saturated heterocycles. The zero-order valence-electron chi connectivity index (χ0n) is 12.0. The van der Waals surface area contributed by atoms with Crippen LogP contribution in [0, 0.1) is 0 Å². The Balaban J connectivity index is 1.93. The summed E-state index contributed by atoms with van der Waals surface area (Å²) in [7, 11) is 3.28. The van der Waals surface area contributed by atoms with E-state index < -0.39 is 0 Å². The quantitative estimate of drug-likeness (QED) is 0.768. The van der Waals surface area contributed by atoms with Crippen LogP contribution in [0.2, 0.25) is 5.02 Å². The van der Waals surface area contributed by atoms with E-state index in [9.17, 15) is 4.79 Å². The van der Waals surface area contributed by atoms with Gasteiger partial charge in [-0.1, -0.05) is 11.6 Å². The highest BCUT2D eigenvalue weighted by atomic mass is 35.5. The third-order valence-corrected chi connectivity index (χ3v) is 3.26. The molecule has 6 heteroatoms. The van der Waals surface area contributed by atoms with Gasteiger partial charge in [0.05, 0.1) is 26.3 Å². The van der Waals surface area contributed by atoms with E-state index in [4.69, 9.17) is 16.0 Å². The largest absolute Gasteiger partial charge is 0.469 e. The second-order valence-electron chi connectivity index (χ2n) is 4.69. The minimum Gasteiger partial charge on any atom is -0.469 e. The van der Waals surface area contributed by atoms with Crippen LogP contribution in [0.4, 0.5) is 0 Å². The van der Waals surface area contributed by atoms with Crippen molar-refractivity contribution in [3.05, 3.63) is 41.4 Å². The summed E-state index contributed by atoms with van der Waals surface area (Å²) in [4.78, 5) is 17.3. The lowest BCUT2D eigenvalue weighted by Crippen LogP contribution is -2.22. The van der Waals surface area contributed by atoms with Crippen molar-refractivity contribution in [1.82, 2.24) is 9.88 Å². The number of aromatic nitrogens is 1. The minimum atomic E-state index is -0.226. The van der Waals surface area contributed by atoms with Crippen LogP contribution in [0.5, 0.6) is 0 Å². The number of hydrogen-bond acceptors (Lipinski definition) is 5. The molecule has 0 aliphatic rings. The van der Waals surface area contributed by atoms with E-state index in [0.29, 0.717) is 36.2 Å². The molecule has 0 radical (unpaired) electrons. The van der Waals surface area contributed by atoms with Gasteiger partial charge in [-0.25, -0.2) is 4.98 Å². The number of carbonyl (C=O) groups excluding carboxylic acids is 1. The first-order valence-corrected chi connectivity index (χ1v) is 6.92. The molecule has 0 saturated carbocycles. The third-order valence-electron chi connectivity index (χ3n) is 3.01. The number of rotatable bonds is 6. The maximum atomic E-state index is 11.1. The van der Waals surface area contributed by atoms with Crippen molar-refractivity contribution in [2.45, 2.75) is 13.0 Å². The predicted octanol–water partition coefficient (Wildman–Crippen LogP) is 2.99. The Morgan fingerprint density at radius 1 is 1.38 bits per heavy atom. The van der Waals surface area contributed by atoms with Crippen molar-refractivity contribution in [3.63, 3.8) is 0 Å². The molecule has 0 atom stereocenters. The fourth-order valence-electron chi connectivity index (χ4n) is 1.83. The lowest BCUT2D eigenvalue weighted by Gasteiger charge is -2.13. The van der Waals surface area contributed by atoms with Crippen LogP contribution in [0.1, 0.15) is 12.3 Å². The molecule has 21 heavy (non-hydrogen) atoms. The third kappa shape index (κ3) is 4.58. The summed E-state index contributed by atoms with van der Waals surface area (Å²) in [6.45, 7) is 1.12. The van der Waals surface area contributed by atoms with Gasteiger partial charge in [0, 0.05) is 17.1 Å². The van der Waals surface area contributed by atoms with E-state index in [-0.39, 0.29) is 5.97 Å². The average Bonchev–Trinajstić information content (AvgIpc) is 2.94. The summed E-state index contributed by atoms with van der Waals surface area (Å²) in [5.41, 5.74) is 0.926. The first-order chi connectivity index (χ1) is 10.1. The van der Waals surface area contributed by atoms with Gasteiger partial charge in [-0.2, -0.15) is 0 Å². The Labute approximate surface area is 128 Å². The van der Waals surface area contributed by atoms with E-state index >= 15 is 0 Å². The Bertz CT molecular complexity index is 595. The summed E-state index contributed by atoms with van der Waals surface area (Å²) in [6.07, 6.45) is 2.03. The first-order valence-electron chi connectivity index (χ1n) is 6.54. The number of hydrogen-bond donors (Lipinski definition) is 0. The van der Waals surface area contributed by atoms with Crippen molar-refractivity contribution in [1.29, 1.82) is 0 Å². The Kier molecular flexibility index (Phi) is 5.36. The van der Waals surface area contributed by atoms with Gasteiger partial charge in [0.25, 0.3) is 0 Å². The summed E-state index contributed by atoms with van der Waals surface area (Å²) >= 11 is 5.85. The Morgan fingerprint density at radius 2 is 2.10 bits per heavy atom. The zero-order valence-corrected chi connectivity index (χ0v) is 12.8. The van der Waals surface area contributed by atoms with Crippen LogP contribution < -0.4 is 0 Å². The van der Waals surface area contributed by atoms with Crippen molar-refractivity contribution in [2.24, 2.45) is 0 Å². The van der Waals surface area contributed by atoms with E-state index in [0.717, 1.165) is 5.56 Å². The highest BCUT2D eigenvalue weighted by molar-refractivity contribution is 6.30. The molecule has 112 valence electrons. The van der Waals surface area contributed by atoms with Gasteiger partial charge in [0.2, 0.25) is 5.89 Å². The standard InChI is InChI=1S/C15H17ClN2O3/c1-18(8-7-15(19)20-2)10-14-17-9-13(21-14)11-3-5-12(16)6-4-11/h3-6,9H,7-8,10H2,1-2H3. The highest BCUT2D eigenvalue weighted by Gasteiger charge is 2.10. The van der Waals surface area contributed by atoms with Crippen LogP contribution in [-0.2, 0) is 16.1 Å². The second-order valence-corrected chi connectivity index (χ2v) is 5.13. The van der Waals surface area contributed by atoms with Gasteiger partial charge in [-0.05, 0) is 31.3 Å². The Hall–Kier alpha value is -1.85. The summed E-state index contributed by atoms with van der Waals surface area (Å²) in [5.74, 6) is 1.08. The van der Waals surface area contributed by atoms with Gasteiger partial charge in [0.1, 0.15) is 0 Å². The molecule has 5 nitrogen and oxygen atoms in total. The van der Waals surface area contributed by atoms with E-state index in [1.807, 2.05) is 36.2 Å². The molecule has 0 spiro atoms. The molecule has 2 rings (SSSR count). The van der Waals surface area contributed by atoms with Crippen molar-refractivity contribution < 1.29 is 13.9 Å². The number of benzene rings is 1. The number of oxazole rings is 1. The zero-order chi connectivity index (χ0) is 15.2. The molecule has 0 aliphatic heterocycles. The maximum absolute atomic E-state index is 11.1. The highest BCUT2D eigenvalue weighted by Crippen LogP contribution is 2.22. The lowest BCUT2D eigenvalue weighted by atomic mass is 10.2. The lowest BCUT2D eigenvalue weighted by molar-refractivity contribution is -0.140. The second kappa shape index (κ2) is 7.24. The average molecular weight is 309 g/mol. The van der Waals surface area contributed by atoms with E-state index in [1.54, 1.807) is 6.20 Å². The van der Waals surface area contributed by atoms with Crippen molar-refractivity contribution in [2.75, 3.05) is 20.7 Å². The van der Waals surface area contributed by atoms with E-state index in [2.05, 4.69) is 9.72 Å². The van der Waals surface area contributed by atoms with Gasteiger partial charge in [-0.15, -0.1) is 0 Å². The van der Waals surface area contributed by atoms with Crippen LogP contribution in [0.25, 0.3) is 11.3 Å². The number of ether oxygens (including phenoxy) is 1. The van der Waals surface area contributed by atoms with Gasteiger partial charge >= 0.3 is 5.97 Å². The predicted molar refractivity (Wildman–Crippen MR) is 79.9 cm³/mol. The van der Waals surface area contributed by atoms with Gasteiger partial charge in [-0.3, -0.25) is 9.69 Å². The summed E-state index contributed by atoms with van der Waals surface area (Å²) in [5, 5.41) is 0.682. The molecule has 1 aromatic carbocycles. The fourth-order valence-corrected chi connectivity index (χ4v) is 1.95. The number of carbonyl (C=O) groups is 1. The maximum Gasteiger partial charge on any atom is 0.306 e. The van der Waals surface area contributed by atoms with Gasteiger partial charge in [0.15, 0.2) is 5.76 Å². The number of nitrogens with zero attached hydrogens (tertiary/aromatic N) is 2. The number of methoxy groups -OCH3 is 1. The van der Waals surface area contributed by atoms with Crippen molar-refractivity contribution >= 4 is 17.6 Å². The normalized spacial score (nSPS) is 10.9. The molecule has 1 aromatic heterocycles. The fraction of sp³-hybridized carbons (Fsp3) is 0.333. The topological polar surface area (TPSA) is 55.6 Å². The first kappa shape index (κ1) is 15.5. The van der Waals surface area contributed by atoms with Crippen LogP contribution in [-0.4, -0.2) is 36.6 Å². The minimum absolute atomic E-state index is 0.226. The summed E-state index contributed by atoms with van der Waals surface area (Å²) < 4.78 is 10.3. The molecule has 0 fully saturated rings. The van der Waals surface area contributed by atoms with Crippen molar-refractivity contribution in [3.8, 4) is 11.3 Å². The molecule has 1 heterocycles. The Morgan fingerprint density at radius 3 is 2.76 bits per heavy atom. The molecule has 2 aromatic rings. The smallest absolute Gasteiger partial charge is 0.306 e. The molecular formula is C15H17ClN2O3. The van der Waals surface area contributed by atoms with Crippen LogP contribution in [0.3, 0.4) is 0 Å². The SMILES string of the molecule is COC(=O)CCN(C)Cc1ncc(-c2ccc(Cl)cc2)o1. The van der Waals surface area contributed by atoms with Crippen LogP contribution >= 0.6 is 11.6 Å². The molecular weight excluding hydrogens is 292 g/mol. The summed E-state index contributed by atoms with van der Waals surface area (Å²) in [6, 6.07) is 7.38. The molecule has 0 aliphatic carbocycles. The molecule has 0 N–H and O–H groups in total. The molecule has 0 amide bonds. The van der Waals surface area contributed by atoms with Crippen LogP contribution in [0.15, 0.2) is 34.9 Å².